The average Bonchev–Trinajstić information content (AvgIpc) is 3.15. The zero-order valence-electron chi connectivity index (χ0n) is 16.6. The van der Waals surface area contributed by atoms with Gasteiger partial charge in [-0.2, -0.15) is 4.98 Å². The van der Waals surface area contributed by atoms with Gasteiger partial charge in [0.05, 0.1) is 19.8 Å². The van der Waals surface area contributed by atoms with Crippen molar-refractivity contribution in [2.45, 2.75) is 31.4 Å². The normalized spacial score (nSPS) is 26.9. The van der Waals surface area contributed by atoms with Crippen molar-refractivity contribution in [2.75, 3.05) is 27.3 Å². The first kappa shape index (κ1) is 20.7. The van der Waals surface area contributed by atoms with Crippen molar-refractivity contribution >= 4 is 23.2 Å². The summed E-state index contributed by atoms with van der Waals surface area (Å²) in [5.74, 6) is 0.804. The number of nitrogens with zero attached hydrogens (tertiary/aromatic N) is 3. The average molecular weight is 438 g/mol. The molecule has 8 heteroatoms. The Balaban J connectivity index is 1.61. The first-order chi connectivity index (χ1) is 14.0. The molecule has 1 N–H and O–H groups in total. The van der Waals surface area contributed by atoms with Crippen molar-refractivity contribution in [3.8, 4) is 11.9 Å². The molecule has 1 aromatic carbocycles. The molecule has 1 aliphatic heterocycles. The highest BCUT2D eigenvalue weighted by atomic mass is 35.5. The Morgan fingerprint density at radius 2 is 1.97 bits per heavy atom. The second-order valence-electron chi connectivity index (χ2n) is 7.86. The van der Waals surface area contributed by atoms with Gasteiger partial charge < -0.3 is 14.6 Å². The minimum Gasteiger partial charge on any atom is -0.481 e. The highest BCUT2D eigenvalue weighted by Gasteiger charge is 2.51. The summed E-state index contributed by atoms with van der Waals surface area (Å²) in [7, 11) is 3.06. The van der Waals surface area contributed by atoms with Crippen molar-refractivity contribution in [3.05, 3.63) is 45.6 Å². The number of methoxy groups -OCH3 is 2. The van der Waals surface area contributed by atoms with Gasteiger partial charge in [-0.05, 0) is 37.3 Å². The lowest BCUT2D eigenvalue weighted by Gasteiger charge is -2.41. The van der Waals surface area contributed by atoms with Gasteiger partial charge in [0, 0.05) is 47.4 Å². The molecule has 4 rings (SSSR count). The fraction of sp³-hybridized carbons (Fsp3) is 0.524. The van der Waals surface area contributed by atoms with Crippen LogP contribution in [0.3, 0.4) is 0 Å². The van der Waals surface area contributed by atoms with Crippen molar-refractivity contribution in [1.29, 1.82) is 0 Å². The Labute approximate surface area is 180 Å². The predicted octanol–water partition coefficient (Wildman–Crippen LogP) is 3.92. The standard InChI is InChI=1S/C21H25Cl2N3O3/c1-28-19-15(9-24-20(25-19)29-2)21(27)8-4-5-13-10-26(12-16(13)21)11-14-17(22)6-3-7-18(14)23/h3,6-7,9,13,16,27H,4-5,8,10-12H2,1-2H3. The predicted molar refractivity (Wildman–Crippen MR) is 112 cm³/mol. The number of aliphatic hydroxyl groups is 1. The van der Waals surface area contributed by atoms with Gasteiger partial charge in [-0.3, -0.25) is 4.90 Å². The smallest absolute Gasteiger partial charge is 0.319 e. The fourth-order valence-corrected chi connectivity index (χ4v) is 5.40. The van der Waals surface area contributed by atoms with E-state index in [1.165, 1.54) is 7.11 Å². The second kappa shape index (κ2) is 8.26. The van der Waals surface area contributed by atoms with Crippen LogP contribution < -0.4 is 9.47 Å². The van der Waals surface area contributed by atoms with E-state index in [1.807, 2.05) is 18.2 Å². The molecule has 6 nitrogen and oxygen atoms in total. The van der Waals surface area contributed by atoms with Crippen LogP contribution in [0.5, 0.6) is 11.9 Å². The number of ether oxygens (including phenoxy) is 2. The van der Waals surface area contributed by atoms with Gasteiger partial charge in [-0.1, -0.05) is 29.3 Å². The maximum Gasteiger partial charge on any atom is 0.319 e. The highest BCUT2D eigenvalue weighted by Crippen LogP contribution is 2.50. The van der Waals surface area contributed by atoms with Crippen molar-refractivity contribution in [2.24, 2.45) is 11.8 Å². The van der Waals surface area contributed by atoms with E-state index in [1.54, 1.807) is 13.3 Å². The second-order valence-corrected chi connectivity index (χ2v) is 8.67. The quantitative estimate of drug-likeness (QED) is 0.764. The summed E-state index contributed by atoms with van der Waals surface area (Å²) in [6.45, 7) is 2.31. The van der Waals surface area contributed by atoms with Crippen LogP contribution in [0.1, 0.15) is 30.4 Å². The van der Waals surface area contributed by atoms with Crippen molar-refractivity contribution in [3.63, 3.8) is 0 Å². The lowest BCUT2D eigenvalue weighted by atomic mass is 9.68. The molecule has 3 unspecified atom stereocenters. The van der Waals surface area contributed by atoms with E-state index in [2.05, 4.69) is 14.9 Å². The summed E-state index contributed by atoms with van der Waals surface area (Å²) in [6, 6.07) is 5.80. The van der Waals surface area contributed by atoms with E-state index in [9.17, 15) is 5.11 Å². The molecule has 2 heterocycles. The summed E-state index contributed by atoms with van der Waals surface area (Å²) in [4.78, 5) is 10.8. The Morgan fingerprint density at radius 3 is 2.66 bits per heavy atom. The van der Waals surface area contributed by atoms with Gasteiger partial charge in [0.1, 0.15) is 5.60 Å². The molecule has 1 aromatic heterocycles. The van der Waals surface area contributed by atoms with Crippen LogP contribution in [0.4, 0.5) is 0 Å². The zero-order chi connectivity index (χ0) is 20.6. The van der Waals surface area contributed by atoms with E-state index in [0.29, 0.717) is 40.4 Å². The van der Waals surface area contributed by atoms with Gasteiger partial charge in [0.25, 0.3) is 0 Å². The number of likely N-dealkylation sites (tertiary alicyclic amines) is 1. The molecule has 3 atom stereocenters. The molecular weight excluding hydrogens is 413 g/mol. The fourth-order valence-electron chi connectivity index (χ4n) is 4.89. The number of halogens is 2. The number of rotatable bonds is 5. The van der Waals surface area contributed by atoms with Crippen LogP contribution in [0, 0.1) is 11.8 Å². The molecule has 29 heavy (non-hydrogen) atoms. The van der Waals surface area contributed by atoms with Crippen LogP contribution in [-0.2, 0) is 12.1 Å². The van der Waals surface area contributed by atoms with Crippen LogP contribution in [-0.4, -0.2) is 47.3 Å². The van der Waals surface area contributed by atoms with Gasteiger partial charge in [0.15, 0.2) is 0 Å². The Morgan fingerprint density at radius 1 is 1.21 bits per heavy atom. The maximum absolute atomic E-state index is 11.8. The van der Waals surface area contributed by atoms with Gasteiger partial charge >= 0.3 is 6.01 Å². The van der Waals surface area contributed by atoms with E-state index < -0.39 is 5.60 Å². The Bertz CT molecular complexity index is 877. The largest absolute Gasteiger partial charge is 0.481 e. The van der Waals surface area contributed by atoms with E-state index in [-0.39, 0.29) is 11.9 Å². The monoisotopic (exact) mass is 437 g/mol. The lowest BCUT2D eigenvalue weighted by Crippen LogP contribution is -2.43. The molecule has 0 spiro atoms. The van der Waals surface area contributed by atoms with Crippen molar-refractivity contribution < 1.29 is 14.6 Å². The van der Waals surface area contributed by atoms with Gasteiger partial charge in [-0.15, -0.1) is 0 Å². The van der Waals surface area contributed by atoms with E-state index >= 15 is 0 Å². The van der Waals surface area contributed by atoms with Crippen LogP contribution in [0.15, 0.2) is 24.4 Å². The topological polar surface area (TPSA) is 67.7 Å². The van der Waals surface area contributed by atoms with Crippen LogP contribution in [0.2, 0.25) is 10.0 Å². The molecule has 1 saturated heterocycles. The Hall–Kier alpha value is -1.60. The first-order valence-corrected chi connectivity index (χ1v) is 10.5. The third-order valence-electron chi connectivity index (χ3n) is 6.28. The minimum atomic E-state index is -1.04. The number of benzene rings is 1. The third-order valence-corrected chi connectivity index (χ3v) is 6.99. The maximum atomic E-state index is 11.8. The number of aromatic nitrogens is 2. The van der Waals surface area contributed by atoms with Crippen LogP contribution >= 0.6 is 23.2 Å². The van der Waals surface area contributed by atoms with Gasteiger partial charge in [-0.25, -0.2) is 4.98 Å². The SMILES string of the molecule is COc1ncc(C2(O)CCCC3CN(Cc4c(Cl)cccc4Cl)CC32)c(OC)n1. The van der Waals surface area contributed by atoms with Gasteiger partial charge in [0.2, 0.25) is 5.88 Å². The zero-order valence-corrected chi connectivity index (χ0v) is 18.1. The summed E-state index contributed by atoms with van der Waals surface area (Å²) in [5, 5.41) is 13.1. The minimum absolute atomic E-state index is 0.0587. The molecule has 156 valence electrons. The van der Waals surface area contributed by atoms with E-state index in [4.69, 9.17) is 32.7 Å². The summed E-state index contributed by atoms with van der Waals surface area (Å²) >= 11 is 12.8. The molecule has 1 aliphatic carbocycles. The molecule has 2 aromatic rings. The Kier molecular flexibility index (Phi) is 5.89. The summed E-state index contributed by atoms with van der Waals surface area (Å²) < 4.78 is 10.6. The molecule has 0 radical (unpaired) electrons. The number of hydrogen-bond acceptors (Lipinski definition) is 6. The number of hydrogen-bond donors (Lipinski definition) is 1. The first-order valence-electron chi connectivity index (χ1n) is 9.79. The molecular formula is C21H25Cl2N3O3. The lowest BCUT2D eigenvalue weighted by molar-refractivity contribution is -0.0669. The molecule has 2 aliphatic rings. The molecule has 0 amide bonds. The molecule has 2 fully saturated rings. The van der Waals surface area contributed by atoms with Crippen LogP contribution in [0.25, 0.3) is 0 Å². The highest BCUT2D eigenvalue weighted by molar-refractivity contribution is 6.35. The molecule has 1 saturated carbocycles. The third kappa shape index (κ3) is 3.79. The summed E-state index contributed by atoms with van der Waals surface area (Å²) in [5.41, 5.74) is 0.524. The summed E-state index contributed by atoms with van der Waals surface area (Å²) in [6.07, 6.45) is 4.31. The van der Waals surface area contributed by atoms with Crippen molar-refractivity contribution in [1.82, 2.24) is 14.9 Å². The van der Waals surface area contributed by atoms with E-state index in [0.717, 1.165) is 31.5 Å². The number of fused-ring (bicyclic) bond motifs is 1. The molecule has 0 bridgehead atoms.